The average Bonchev–Trinajstić information content (AvgIpc) is 2.80. The number of thioether (sulfide) groups is 1. The Kier molecular flexibility index (Phi) is 5.24. The summed E-state index contributed by atoms with van der Waals surface area (Å²) in [6, 6.07) is 7.99. The van der Waals surface area contributed by atoms with Crippen LogP contribution >= 0.6 is 11.8 Å². The Hall–Kier alpha value is -2.93. The standard InChI is InChI=1S/C22H23N5OS/c1-5-27-20-18(22(28)26-19-13(2)6-7-23-21(19)27)10-16(11-24-20)12-29-17-8-14(3)25-15(4)9-17/h6-11H,5,12H2,1-4H3,(H,26,28). The summed E-state index contributed by atoms with van der Waals surface area (Å²) in [6.45, 7) is 8.67. The van der Waals surface area contributed by atoms with E-state index in [0.29, 0.717) is 17.9 Å². The van der Waals surface area contributed by atoms with E-state index >= 15 is 0 Å². The van der Waals surface area contributed by atoms with Gasteiger partial charge in [-0.2, -0.15) is 0 Å². The minimum Gasteiger partial charge on any atom is -0.318 e. The zero-order chi connectivity index (χ0) is 20.5. The van der Waals surface area contributed by atoms with Crippen LogP contribution < -0.4 is 10.2 Å². The van der Waals surface area contributed by atoms with Gasteiger partial charge in [-0.15, -0.1) is 11.8 Å². The highest BCUT2D eigenvalue weighted by Crippen LogP contribution is 2.37. The van der Waals surface area contributed by atoms with E-state index < -0.39 is 0 Å². The maximum Gasteiger partial charge on any atom is 0.259 e. The highest BCUT2D eigenvalue weighted by Gasteiger charge is 2.27. The number of carbonyl (C=O) groups excluding carboxylic acids is 1. The van der Waals surface area contributed by atoms with Gasteiger partial charge in [0.15, 0.2) is 5.82 Å². The minimum absolute atomic E-state index is 0.150. The second-order valence-corrected chi connectivity index (χ2v) is 8.16. The molecule has 4 heterocycles. The van der Waals surface area contributed by atoms with Crippen molar-refractivity contribution in [2.45, 2.75) is 38.3 Å². The van der Waals surface area contributed by atoms with E-state index in [0.717, 1.165) is 44.7 Å². The molecule has 0 radical (unpaired) electrons. The van der Waals surface area contributed by atoms with Crippen molar-refractivity contribution in [3.8, 4) is 0 Å². The van der Waals surface area contributed by atoms with Crippen molar-refractivity contribution in [3.05, 3.63) is 64.7 Å². The SMILES string of the molecule is CCN1c2ncc(CSc3cc(C)nc(C)c3)cc2C(=O)Nc2c(C)ccnc21. The molecule has 7 heteroatoms. The molecule has 6 nitrogen and oxygen atoms in total. The van der Waals surface area contributed by atoms with E-state index in [-0.39, 0.29) is 5.91 Å². The van der Waals surface area contributed by atoms with Gasteiger partial charge in [0, 0.05) is 41.0 Å². The average molecular weight is 406 g/mol. The maximum atomic E-state index is 13.0. The van der Waals surface area contributed by atoms with Crippen LogP contribution in [0.2, 0.25) is 0 Å². The number of aryl methyl sites for hydroxylation is 3. The molecule has 0 unspecified atom stereocenters. The first kappa shape index (κ1) is 19.4. The van der Waals surface area contributed by atoms with Gasteiger partial charge in [-0.05, 0) is 63.1 Å². The van der Waals surface area contributed by atoms with Crippen LogP contribution in [0.1, 0.15) is 39.8 Å². The number of amides is 1. The topological polar surface area (TPSA) is 71.0 Å². The van der Waals surface area contributed by atoms with Crippen molar-refractivity contribution in [3.63, 3.8) is 0 Å². The van der Waals surface area contributed by atoms with E-state index in [9.17, 15) is 4.79 Å². The van der Waals surface area contributed by atoms with Gasteiger partial charge >= 0.3 is 0 Å². The summed E-state index contributed by atoms with van der Waals surface area (Å²) >= 11 is 1.72. The van der Waals surface area contributed by atoms with Gasteiger partial charge in [0.2, 0.25) is 0 Å². The molecule has 0 spiro atoms. The molecule has 3 aromatic rings. The monoisotopic (exact) mass is 405 g/mol. The lowest BCUT2D eigenvalue weighted by Crippen LogP contribution is -2.20. The number of pyridine rings is 3. The van der Waals surface area contributed by atoms with Crippen LogP contribution in [0.15, 0.2) is 41.6 Å². The van der Waals surface area contributed by atoms with E-state index in [1.54, 1.807) is 18.0 Å². The maximum absolute atomic E-state index is 13.0. The van der Waals surface area contributed by atoms with Crippen molar-refractivity contribution >= 4 is 35.0 Å². The summed E-state index contributed by atoms with van der Waals surface area (Å²) < 4.78 is 0. The Morgan fingerprint density at radius 2 is 1.83 bits per heavy atom. The largest absolute Gasteiger partial charge is 0.318 e. The Morgan fingerprint density at radius 1 is 1.07 bits per heavy atom. The van der Waals surface area contributed by atoms with Crippen LogP contribution in [0.25, 0.3) is 0 Å². The molecule has 0 atom stereocenters. The first-order valence-corrected chi connectivity index (χ1v) is 10.6. The lowest BCUT2D eigenvalue weighted by Gasteiger charge is -2.22. The number of hydrogen-bond acceptors (Lipinski definition) is 6. The molecule has 3 aromatic heterocycles. The van der Waals surface area contributed by atoms with Crippen LogP contribution in [0.4, 0.5) is 17.3 Å². The fraction of sp³-hybridized carbons (Fsp3) is 0.273. The number of hydrogen-bond donors (Lipinski definition) is 1. The first-order valence-electron chi connectivity index (χ1n) is 9.57. The second-order valence-electron chi connectivity index (χ2n) is 7.11. The first-order chi connectivity index (χ1) is 14.0. The fourth-order valence-electron chi connectivity index (χ4n) is 3.49. The molecule has 0 aromatic carbocycles. The second kappa shape index (κ2) is 7.83. The highest BCUT2D eigenvalue weighted by molar-refractivity contribution is 7.98. The van der Waals surface area contributed by atoms with Crippen LogP contribution in [0, 0.1) is 20.8 Å². The summed E-state index contributed by atoms with van der Waals surface area (Å²) in [5, 5.41) is 3.03. The fourth-order valence-corrected chi connectivity index (χ4v) is 4.49. The number of fused-ring (bicyclic) bond motifs is 2. The molecule has 4 rings (SSSR count). The predicted octanol–water partition coefficient (Wildman–Crippen LogP) is 4.81. The van der Waals surface area contributed by atoms with Crippen molar-refractivity contribution in [2.75, 3.05) is 16.8 Å². The molecule has 0 saturated carbocycles. The summed E-state index contributed by atoms with van der Waals surface area (Å²) in [4.78, 5) is 29.7. The molecular weight excluding hydrogens is 382 g/mol. The van der Waals surface area contributed by atoms with Crippen molar-refractivity contribution in [1.82, 2.24) is 15.0 Å². The quantitative estimate of drug-likeness (QED) is 0.628. The molecular formula is C22H23N5OS. The van der Waals surface area contributed by atoms with Gasteiger partial charge in [0.05, 0.1) is 11.3 Å². The van der Waals surface area contributed by atoms with Gasteiger partial charge in [-0.25, -0.2) is 9.97 Å². The molecule has 0 aliphatic carbocycles. The highest BCUT2D eigenvalue weighted by atomic mass is 32.2. The zero-order valence-electron chi connectivity index (χ0n) is 17.0. The molecule has 0 fully saturated rings. The molecule has 0 saturated heterocycles. The Bertz CT molecular complexity index is 1080. The number of aromatic nitrogens is 3. The van der Waals surface area contributed by atoms with E-state index in [4.69, 9.17) is 0 Å². The summed E-state index contributed by atoms with van der Waals surface area (Å²) in [6.07, 6.45) is 3.61. The Morgan fingerprint density at radius 3 is 2.55 bits per heavy atom. The van der Waals surface area contributed by atoms with E-state index in [1.165, 1.54) is 0 Å². The molecule has 0 bridgehead atoms. The number of carbonyl (C=O) groups is 1. The van der Waals surface area contributed by atoms with E-state index in [1.807, 2.05) is 50.9 Å². The van der Waals surface area contributed by atoms with Crippen LogP contribution in [0.3, 0.4) is 0 Å². The van der Waals surface area contributed by atoms with Gasteiger partial charge < -0.3 is 10.2 Å². The molecule has 1 N–H and O–H groups in total. The van der Waals surface area contributed by atoms with Gasteiger partial charge in [-0.3, -0.25) is 9.78 Å². The smallest absolute Gasteiger partial charge is 0.259 e. The van der Waals surface area contributed by atoms with Crippen molar-refractivity contribution < 1.29 is 4.79 Å². The number of nitrogens with one attached hydrogen (secondary N) is 1. The number of anilines is 3. The predicted molar refractivity (Wildman–Crippen MR) is 117 cm³/mol. The van der Waals surface area contributed by atoms with Crippen molar-refractivity contribution in [2.24, 2.45) is 0 Å². The lowest BCUT2D eigenvalue weighted by atomic mass is 10.2. The Balaban J connectivity index is 1.66. The number of rotatable bonds is 4. The van der Waals surface area contributed by atoms with Gasteiger partial charge in [0.25, 0.3) is 5.91 Å². The van der Waals surface area contributed by atoms with Crippen molar-refractivity contribution in [1.29, 1.82) is 0 Å². The molecule has 29 heavy (non-hydrogen) atoms. The normalized spacial score (nSPS) is 12.8. The molecule has 1 aliphatic heterocycles. The molecule has 1 amide bonds. The number of nitrogens with zero attached hydrogens (tertiary/aromatic N) is 4. The van der Waals surface area contributed by atoms with Crippen LogP contribution in [-0.4, -0.2) is 27.4 Å². The summed E-state index contributed by atoms with van der Waals surface area (Å²) in [5.74, 6) is 1.96. The van der Waals surface area contributed by atoms with Crippen LogP contribution in [0.5, 0.6) is 0 Å². The van der Waals surface area contributed by atoms with Gasteiger partial charge in [0.1, 0.15) is 5.82 Å². The third-order valence-corrected chi connectivity index (χ3v) is 5.88. The third-order valence-electron chi connectivity index (χ3n) is 4.83. The summed E-state index contributed by atoms with van der Waals surface area (Å²) in [7, 11) is 0. The van der Waals surface area contributed by atoms with Crippen LogP contribution in [-0.2, 0) is 5.75 Å². The van der Waals surface area contributed by atoms with E-state index in [2.05, 4.69) is 32.4 Å². The lowest BCUT2D eigenvalue weighted by molar-refractivity contribution is 0.102. The minimum atomic E-state index is -0.150. The third kappa shape index (κ3) is 3.82. The molecule has 148 valence electrons. The van der Waals surface area contributed by atoms with Gasteiger partial charge in [-0.1, -0.05) is 0 Å². The summed E-state index contributed by atoms with van der Waals surface area (Å²) in [5.41, 5.74) is 5.31. The zero-order valence-corrected chi connectivity index (χ0v) is 17.8. The Labute approximate surface area is 174 Å². The molecule has 1 aliphatic rings.